The fourth-order valence-corrected chi connectivity index (χ4v) is 2.53. The second-order valence-corrected chi connectivity index (χ2v) is 6.57. The van der Waals surface area contributed by atoms with E-state index in [1.807, 2.05) is 13.0 Å². The number of nitrogens with zero attached hydrogens (tertiary/aromatic N) is 5. The Labute approximate surface area is 173 Å². The van der Waals surface area contributed by atoms with Gasteiger partial charge in [0.1, 0.15) is 0 Å². The van der Waals surface area contributed by atoms with Crippen LogP contribution in [0, 0.1) is 0 Å². The van der Waals surface area contributed by atoms with Gasteiger partial charge < -0.3 is 20.2 Å². The molecule has 3 aromatic rings. The van der Waals surface area contributed by atoms with Crippen LogP contribution in [0.2, 0.25) is 0 Å². The lowest BCUT2D eigenvalue weighted by molar-refractivity contribution is 0.0827. The lowest BCUT2D eigenvalue weighted by atomic mass is 10.1. The minimum absolute atomic E-state index is 0.0377. The van der Waals surface area contributed by atoms with Crippen LogP contribution in [0.1, 0.15) is 29.6 Å². The highest BCUT2D eigenvalue weighted by Gasteiger charge is 2.17. The van der Waals surface area contributed by atoms with Crippen LogP contribution in [-0.2, 0) is 0 Å². The van der Waals surface area contributed by atoms with Gasteiger partial charge in [-0.1, -0.05) is 31.2 Å². The summed E-state index contributed by atoms with van der Waals surface area (Å²) >= 11 is 0. The number of aromatic nitrogens is 4. The van der Waals surface area contributed by atoms with E-state index in [1.165, 1.54) is 17.2 Å². The molecule has 2 aromatic heterocycles. The first-order valence-electron chi connectivity index (χ1n) is 9.25. The van der Waals surface area contributed by atoms with Gasteiger partial charge in [-0.25, -0.2) is 9.97 Å². The van der Waals surface area contributed by atoms with E-state index in [1.54, 1.807) is 44.4 Å². The van der Waals surface area contributed by atoms with E-state index < -0.39 is 0 Å². The average molecular weight is 406 g/mol. The number of aliphatic hydroxyl groups excluding tert-OH is 1. The Morgan fingerprint density at radius 3 is 2.63 bits per heavy atom. The summed E-state index contributed by atoms with van der Waals surface area (Å²) in [6.45, 7) is 1.98. The summed E-state index contributed by atoms with van der Waals surface area (Å²) in [7, 11) is 3.39. The van der Waals surface area contributed by atoms with Crippen molar-refractivity contribution >= 4 is 17.5 Å². The molecular weight excluding hydrogens is 384 g/mol. The average Bonchev–Trinajstić information content (AvgIpc) is 3.24. The standard InChI is InChI=1S/C21H22N6O3/c1-4-5-6-7-16(28)19-25-26-20(30-19)17-18(22)23-12-15(24-17)13-8-10-14(11-9-13)21(29)27(2)3/h5-12,28H,4H2,1-3H3,(H2,22,23)/b6-5-,16-7-. The number of rotatable bonds is 6. The van der Waals surface area contributed by atoms with Crippen molar-refractivity contribution in [1.29, 1.82) is 0 Å². The molecule has 0 spiro atoms. The van der Waals surface area contributed by atoms with Crippen molar-refractivity contribution in [3.05, 3.63) is 60.1 Å². The number of anilines is 1. The number of aliphatic hydroxyl groups is 1. The third-order valence-electron chi connectivity index (χ3n) is 4.11. The zero-order chi connectivity index (χ0) is 21.7. The summed E-state index contributed by atoms with van der Waals surface area (Å²) in [4.78, 5) is 22.2. The molecule has 9 heteroatoms. The van der Waals surface area contributed by atoms with E-state index in [0.717, 1.165) is 12.0 Å². The summed E-state index contributed by atoms with van der Waals surface area (Å²) in [5, 5.41) is 17.8. The smallest absolute Gasteiger partial charge is 0.283 e. The second-order valence-electron chi connectivity index (χ2n) is 6.57. The van der Waals surface area contributed by atoms with Gasteiger partial charge in [-0.3, -0.25) is 4.79 Å². The molecule has 0 atom stereocenters. The maximum absolute atomic E-state index is 12.0. The van der Waals surface area contributed by atoms with Crippen molar-refractivity contribution in [3.8, 4) is 22.8 Å². The number of allylic oxidation sites excluding steroid dienone is 3. The molecule has 0 fully saturated rings. The lowest BCUT2D eigenvalue weighted by Crippen LogP contribution is -2.21. The third-order valence-corrected chi connectivity index (χ3v) is 4.11. The number of hydrogen-bond donors (Lipinski definition) is 2. The molecule has 1 aromatic carbocycles. The van der Waals surface area contributed by atoms with Crippen LogP contribution < -0.4 is 5.73 Å². The van der Waals surface area contributed by atoms with E-state index in [0.29, 0.717) is 11.3 Å². The molecule has 0 aliphatic carbocycles. The summed E-state index contributed by atoms with van der Waals surface area (Å²) < 4.78 is 5.50. The molecule has 0 unspecified atom stereocenters. The van der Waals surface area contributed by atoms with E-state index >= 15 is 0 Å². The highest BCUT2D eigenvalue weighted by atomic mass is 16.4. The number of benzene rings is 1. The Balaban J connectivity index is 1.90. The van der Waals surface area contributed by atoms with Gasteiger partial charge >= 0.3 is 0 Å². The van der Waals surface area contributed by atoms with Gasteiger partial charge in [0.05, 0.1) is 11.9 Å². The van der Waals surface area contributed by atoms with Crippen molar-refractivity contribution in [1.82, 2.24) is 25.1 Å². The van der Waals surface area contributed by atoms with Gasteiger partial charge in [0.25, 0.3) is 17.7 Å². The fraction of sp³-hybridized carbons (Fsp3) is 0.190. The molecular formula is C21H22N6O3. The van der Waals surface area contributed by atoms with Crippen LogP contribution in [-0.4, -0.2) is 50.2 Å². The maximum atomic E-state index is 12.0. The topological polar surface area (TPSA) is 131 Å². The molecule has 1 amide bonds. The number of carbonyl (C=O) groups is 1. The van der Waals surface area contributed by atoms with Crippen molar-refractivity contribution in [2.75, 3.05) is 19.8 Å². The molecule has 9 nitrogen and oxygen atoms in total. The molecule has 3 rings (SSSR count). The van der Waals surface area contributed by atoms with Crippen LogP contribution in [0.3, 0.4) is 0 Å². The van der Waals surface area contributed by atoms with Crippen LogP contribution in [0.4, 0.5) is 5.82 Å². The minimum atomic E-state index is -0.165. The van der Waals surface area contributed by atoms with Crippen molar-refractivity contribution in [2.45, 2.75) is 13.3 Å². The number of hydrogen-bond acceptors (Lipinski definition) is 8. The molecule has 0 radical (unpaired) electrons. The Bertz CT molecular complexity index is 1100. The maximum Gasteiger partial charge on any atom is 0.283 e. The molecule has 0 saturated carbocycles. The van der Waals surface area contributed by atoms with Crippen molar-refractivity contribution in [3.63, 3.8) is 0 Å². The quantitative estimate of drug-likeness (QED) is 0.471. The number of carbonyl (C=O) groups excluding carboxylic acids is 1. The molecule has 0 aliphatic heterocycles. The van der Waals surface area contributed by atoms with E-state index in [2.05, 4.69) is 20.2 Å². The van der Waals surface area contributed by atoms with Crippen LogP contribution in [0.5, 0.6) is 0 Å². The van der Waals surface area contributed by atoms with Crippen LogP contribution >= 0.6 is 0 Å². The predicted octanol–water partition coefficient (Wildman–Crippen LogP) is 3.34. The zero-order valence-corrected chi connectivity index (χ0v) is 16.9. The van der Waals surface area contributed by atoms with Crippen molar-refractivity contribution < 1.29 is 14.3 Å². The van der Waals surface area contributed by atoms with Crippen LogP contribution in [0.15, 0.2) is 53.1 Å². The first kappa shape index (κ1) is 20.7. The monoisotopic (exact) mass is 406 g/mol. The van der Waals surface area contributed by atoms with Gasteiger partial charge in [-0.15, -0.1) is 10.2 Å². The minimum Gasteiger partial charge on any atom is -0.503 e. The predicted molar refractivity (Wildman–Crippen MR) is 113 cm³/mol. The lowest BCUT2D eigenvalue weighted by Gasteiger charge is -2.10. The summed E-state index contributed by atoms with van der Waals surface area (Å²) in [6, 6.07) is 6.98. The first-order valence-corrected chi connectivity index (χ1v) is 9.25. The number of amides is 1. The normalized spacial score (nSPS) is 11.8. The Kier molecular flexibility index (Phi) is 6.21. The molecule has 30 heavy (non-hydrogen) atoms. The molecule has 154 valence electrons. The largest absolute Gasteiger partial charge is 0.503 e. The molecule has 0 aliphatic rings. The summed E-state index contributed by atoms with van der Waals surface area (Å²) in [6.07, 6.45) is 7.38. The number of nitrogens with two attached hydrogens (primary N) is 1. The highest BCUT2D eigenvalue weighted by Crippen LogP contribution is 2.26. The summed E-state index contributed by atoms with van der Waals surface area (Å²) in [5.74, 6) is -0.157. The Hall–Kier alpha value is -4.01. The SMILES string of the molecule is CC/C=C\C=C(/O)c1nnc(-c2nc(-c3ccc(C(=O)N(C)C)cc3)cnc2N)o1. The van der Waals surface area contributed by atoms with E-state index in [9.17, 15) is 9.90 Å². The Morgan fingerprint density at radius 1 is 1.23 bits per heavy atom. The van der Waals surface area contributed by atoms with E-state index in [4.69, 9.17) is 10.2 Å². The van der Waals surface area contributed by atoms with Gasteiger partial charge in [-0.2, -0.15) is 0 Å². The van der Waals surface area contributed by atoms with Crippen molar-refractivity contribution in [2.24, 2.45) is 0 Å². The Morgan fingerprint density at radius 2 is 1.97 bits per heavy atom. The van der Waals surface area contributed by atoms with Gasteiger partial charge in [0, 0.05) is 25.2 Å². The third kappa shape index (κ3) is 4.52. The van der Waals surface area contributed by atoms with Crippen LogP contribution in [0.25, 0.3) is 28.6 Å². The molecule has 0 saturated heterocycles. The molecule has 0 bridgehead atoms. The van der Waals surface area contributed by atoms with E-state index in [-0.39, 0.29) is 35.0 Å². The molecule has 3 N–H and O–H groups in total. The number of nitrogen functional groups attached to an aromatic ring is 1. The highest BCUT2D eigenvalue weighted by molar-refractivity contribution is 5.94. The van der Waals surface area contributed by atoms with Gasteiger partial charge in [0.15, 0.2) is 17.3 Å². The second kappa shape index (κ2) is 8.99. The van der Waals surface area contributed by atoms with Gasteiger partial charge in [-0.05, 0) is 24.6 Å². The first-order chi connectivity index (χ1) is 14.4. The molecule has 2 heterocycles. The fourth-order valence-electron chi connectivity index (χ4n) is 2.53. The van der Waals surface area contributed by atoms with Gasteiger partial charge in [0.2, 0.25) is 0 Å². The summed E-state index contributed by atoms with van der Waals surface area (Å²) in [5.41, 5.74) is 7.97. The zero-order valence-electron chi connectivity index (χ0n) is 16.9.